The summed E-state index contributed by atoms with van der Waals surface area (Å²) in [4.78, 5) is 4.45. The number of nitrogens with zero attached hydrogens (tertiary/aromatic N) is 1. The van der Waals surface area contributed by atoms with Gasteiger partial charge in [0.25, 0.3) is 0 Å². The summed E-state index contributed by atoms with van der Waals surface area (Å²) in [5, 5.41) is 8.56. The van der Waals surface area contributed by atoms with Crippen molar-refractivity contribution in [2.75, 3.05) is 79.3 Å². The maximum Gasteiger partial charge on any atom is 0.119 e. The van der Waals surface area contributed by atoms with Crippen LogP contribution in [0.15, 0.2) is 59.6 Å². The molecule has 8 nitrogen and oxygen atoms in total. The normalized spacial score (nSPS) is 11.3. The van der Waals surface area contributed by atoms with Gasteiger partial charge in [0.2, 0.25) is 0 Å². The molecule has 0 atom stereocenters. The van der Waals surface area contributed by atoms with E-state index in [0.717, 1.165) is 17.0 Å². The number of ether oxygens (including phenoxy) is 6. The van der Waals surface area contributed by atoms with Crippen LogP contribution in [0, 0.1) is 0 Å². The number of aliphatic hydroxyl groups is 1. The lowest BCUT2D eigenvalue weighted by molar-refractivity contribution is -0.0146. The standard InChI is InChI=1S/C25H35NO7.H2/c27-10-11-28-12-13-29-14-15-30-16-17-31-18-19-32-20-21-33-25-8-6-24(7-9-25)26-22-23-4-2-1-3-5-23;/h1-9,22,27H,10-21H2;1H. The molecule has 0 unspecified atom stereocenters. The molecule has 0 spiro atoms. The molecule has 0 aromatic heterocycles. The fourth-order valence-corrected chi connectivity index (χ4v) is 2.58. The van der Waals surface area contributed by atoms with Gasteiger partial charge in [-0.3, -0.25) is 4.99 Å². The molecule has 2 aromatic carbocycles. The maximum atomic E-state index is 8.56. The van der Waals surface area contributed by atoms with Gasteiger partial charge in [-0.15, -0.1) is 0 Å². The molecule has 0 fully saturated rings. The van der Waals surface area contributed by atoms with E-state index in [1.165, 1.54) is 0 Å². The molecule has 33 heavy (non-hydrogen) atoms. The number of rotatable bonds is 20. The van der Waals surface area contributed by atoms with Gasteiger partial charge in [0, 0.05) is 7.64 Å². The first kappa shape index (κ1) is 26.9. The van der Waals surface area contributed by atoms with Crippen LogP contribution in [0.2, 0.25) is 0 Å². The lowest BCUT2D eigenvalue weighted by Gasteiger charge is -2.08. The van der Waals surface area contributed by atoms with Gasteiger partial charge < -0.3 is 33.5 Å². The number of aliphatic imine (C=N–C) groups is 1. The summed E-state index contributed by atoms with van der Waals surface area (Å²) in [5.41, 5.74) is 1.94. The zero-order chi connectivity index (χ0) is 23.2. The zero-order valence-corrected chi connectivity index (χ0v) is 19.1. The van der Waals surface area contributed by atoms with E-state index in [9.17, 15) is 0 Å². The largest absolute Gasteiger partial charge is 0.491 e. The predicted molar refractivity (Wildman–Crippen MR) is 129 cm³/mol. The van der Waals surface area contributed by atoms with Crippen LogP contribution in [0.5, 0.6) is 5.75 Å². The zero-order valence-electron chi connectivity index (χ0n) is 19.1. The summed E-state index contributed by atoms with van der Waals surface area (Å²) in [7, 11) is 0. The highest BCUT2D eigenvalue weighted by molar-refractivity contribution is 5.81. The second-order valence-corrected chi connectivity index (χ2v) is 6.80. The second kappa shape index (κ2) is 19.2. The van der Waals surface area contributed by atoms with Gasteiger partial charge in [-0.25, -0.2) is 0 Å². The Kier molecular flexibility index (Phi) is 15.6. The summed E-state index contributed by atoms with van der Waals surface area (Å²) >= 11 is 0. The van der Waals surface area contributed by atoms with E-state index in [4.69, 9.17) is 33.5 Å². The smallest absolute Gasteiger partial charge is 0.119 e. The van der Waals surface area contributed by atoms with Crippen molar-refractivity contribution < 1.29 is 35.0 Å². The lowest BCUT2D eigenvalue weighted by Crippen LogP contribution is -2.14. The molecule has 0 radical (unpaired) electrons. The van der Waals surface area contributed by atoms with Crippen molar-refractivity contribution in [2.24, 2.45) is 4.99 Å². The highest BCUT2D eigenvalue weighted by Crippen LogP contribution is 2.18. The van der Waals surface area contributed by atoms with Gasteiger partial charge in [0.1, 0.15) is 12.4 Å². The number of hydrogen-bond donors (Lipinski definition) is 1. The van der Waals surface area contributed by atoms with Crippen LogP contribution in [0.4, 0.5) is 5.69 Å². The van der Waals surface area contributed by atoms with E-state index in [2.05, 4.69) is 4.99 Å². The van der Waals surface area contributed by atoms with Crippen molar-refractivity contribution in [3.63, 3.8) is 0 Å². The predicted octanol–water partition coefficient (Wildman–Crippen LogP) is 3.14. The molecule has 0 saturated carbocycles. The van der Waals surface area contributed by atoms with E-state index in [1.54, 1.807) is 0 Å². The molecule has 0 aliphatic heterocycles. The fraction of sp³-hybridized carbons (Fsp3) is 0.480. The van der Waals surface area contributed by atoms with Crippen molar-refractivity contribution in [3.8, 4) is 5.75 Å². The van der Waals surface area contributed by atoms with Crippen LogP contribution in [0.25, 0.3) is 0 Å². The minimum atomic E-state index is 0. The highest BCUT2D eigenvalue weighted by atomic mass is 16.6. The first-order chi connectivity index (χ1) is 16.4. The number of benzene rings is 2. The quantitative estimate of drug-likeness (QED) is 0.238. The van der Waals surface area contributed by atoms with Crippen LogP contribution in [0.3, 0.4) is 0 Å². The second-order valence-electron chi connectivity index (χ2n) is 6.80. The van der Waals surface area contributed by atoms with Crippen LogP contribution in [-0.2, 0) is 23.7 Å². The Bertz CT molecular complexity index is 732. The van der Waals surface area contributed by atoms with Crippen LogP contribution in [0.1, 0.15) is 6.99 Å². The third-order valence-corrected chi connectivity index (χ3v) is 4.22. The van der Waals surface area contributed by atoms with Crippen LogP contribution >= 0.6 is 0 Å². The van der Waals surface area contributed by atoms with E-state index >= 15 is 0 Å². The van der Waals surface area contributed by atoms with Crippen molar-refractivity contribution in [3.05, 3.63) is 60.2 Å². The molecule has 2 rings (SSSR count). The Morgan fingerprint density at radius 3 is 1.61 bits per heavy atom. The van der Waals surface area contributed by atoms with Crippen molar-refractivity contribution >= 4 is 11.9 Å². The molecule has 1 N–H and O–H groups in total. The molecule has 0 heterocycles. The Hall–Kier alpha value is -2.33. The molecular formula is C25H37NO7. The van der Waals surface area contributed by atoms with E-state index in [-0.39, 0.29) is 8.03 Å². The van der Waals surface area contributed by atoms with Crippen molar-refractivity contribution in [2.45, 2.75) is 0 Å². The van der Waals surface area contributed by atoms with E-state index in [0.29, 0.717) is 72.7 Å². The topological polar surface area (TPSA) is 88.0 Å². The molecule has 0 aliphatic rings. The minimum absolute atomic E-state index is 0. The van der Waals surface area contributed by atoms with E-state index in [1.807, 2.05) is 60.8 Å². The fourth-order valence-electron chi connectivity index (χ4n) is 2.58. The molecular weight excluding hydrogens is 426 g/mol. The molecule has 0 aliphatic carbocycles. The van der Waals surface area contributed by atoms with Gasteiger partial charge in [-0.2, -0.15) is 0 Å². The Morgan fingerprint density at radius 2 is 1.09 bits per heavy atom. The Labute approximate surface area is 197 Å². The molecule has 0 saturated heterocycles. The van der Waals surface area contributed by atoms with Gasteiger partial charge >= 0.3 is 0 Å². The first-order valence-electron chi connectivity index (χ1n) is 11.2. The highest BCUT2D eigenvalue weighted by Gasteiger charge is 1.96. The Morgan fingerprint density at radius 1 is 0.606 bits per heavy atom. The van der Waals surface area contributed by atoms with Gasteiger partial charge in [-0.1, -0.05) is 30.3 Å². The summed E-state index contributed by atoms with van der Waals surface area (Å²) < 4.78 is 32.4. The van der Waals surface area contributed by atoms with E-state index < -0.39 is 0 Å². The third kappa shape index (κ3) is 14.4. The first-order valence-corrected chi connectivity index (χ1v) is 11.2. The SMILES string of the molecule is OCCOCCOCCOCCOCCOCCOc1ccc(N=Cc2ccccc2)cc1.[HH]. The monoisotopic (exact) mass is 463 g/mol. The summed E-state index contributed by atoms with van der Waals surface area (Å²) in [6, 6.07) is 17.6. The molecule has 2 aromatic rings. The van der Waals surface area contributed by atoms with Gasteiger partial charge in [0.05, 0.1) is 78.4 Å². The maximum absolute atomic E-state index is 8.56. The molecule has 184 valence electrons. The van der Waals surface area contributed by atoms with Crippen molar-refractivity contribution in [1.82, 2.24) is 0 Å². The summed E-state index contributed by atoms with van der Waals surface area (Å²) in [6.45, 7) is 5.37. The summed E-state index contributed by atoms with van der Waals surface area (Å²) in [6.07, 6.45) is 1.84. The van der Waals surface area contributed by atoms with Gasteiger partial charge in [-0.05, 0) is 29.8 Å². The molecule has 8 heteroatoms. The molecule has 0 amide bonds. The average molecular weight is 464 g/mol. The van der Waals surface area contributed by atoms with Crippen LogP contribution in [-0.4, -0.2) is 90.6 Å². The Balaban J connectivity index is 0.00000578. The number of hydrogen-bond acceptors (Lipinski definition) is 8. The third-order valence-electron chi connectivity index (χ3n) is 4.22. The summed E-state index contributed by atoms with van der Waals surface area (Å²) in [5.74, 6) is 0.785. The molecule has 0 bridgehead atoms. The van der Waals surface area contributed by atoms with Crippen LogP contribution < -0.4 is 4.74 Å². The number of aliphatic hydroxyl groups excluding tert-OH is 1. The van der Waals surface area contributed by atoms with Crippen molar-refractivity contribution in [1.29, 1.82) is 0 Å². The average Bonchev–Trinajstić information content (AvgIpc) is 2.86. The minimum Gasteiger partial charge on any atom is -0.491 e. The van der Waals surface area contributed by atoms with Gasteiger partial charge in [0.15, 0.2) is 0 Å². The lowest BCUT2D eigenvalue weighted by atomic mass is 10.2.